The Kier molecular flexibility index (Phi) is 5.19. The zero-order valence-corrected chi connectivity index (χ0v) is 11.1. The van der Waals surface area contributed by atoms with Crippen molar-refractivity contribution in [2.75, 3.05) is 13.1 Å². The van der Waals surface area contributed by atoms with Gasteiger partial charge in [-0.1, -0.05) is 11.6 Å². The number of amides is 1. The number of nitro benzene ring substituents is 1. The molecule has 1 aromatic carbocycles. The van der Waals surface area contributed by atoms with Crippen LogP contribution in [-0.2, 0) is 9.59 Å². The first-order valence-electron chi connectivity index (χ1n) is 5.39. The minimum atomic E-state index is -1.41. The van der Waals surface area contributed by atoms with Crippen LogP contribution in [0.2, 0.25) is 5.02 Å². The van der Waals surface area contributed by atoms with Crippen molar-refractivity contribution >= 4 is 35.1 Å². The van der Waals surface area contributed by atoms with Gasteiger partial charge in [0.05, 0.1) is 4.92 Å². The molecule has 0 aromatic heterocycles. The summed E-state index contributed by atoms with van der Waals surface area (Å²) in [5.41, 5.74) is -0.762. The molecule has 0 aliphatic carbocycles. The number of hydrogen-bond donors (Lipinski definition) is 2. The van der Waals surface area contributed by atoms with E-state index in [0.717, 1.165) is 18.2 Å². The van der Waals surface area contributed by atoms with Gasteiger partial charge in [-0.2, -0.15) is 0 Å². The minimum Gasteiger partial charge on any atom is -0.480 e. The van der Waals surface area contributed by atoms with Crippen LogP contribution in [0.5, 0.6) is 0 Å². The van der Waals surface area contributed by atoms with E-state index in [9.17, 15) is 24.5 Å². The number of rotatable bonds is 6. The maximum atomic E-state index is 12.0. The Morgan fingerprint density at radius 1 is 1.19 bits per heavy atom. The second kappa shape index (κ2) is 6.66. The summed E-state index contributed by atoms with van der Waals surface area (Å²) in [7, 11) is 0. The van der Waals surface area contributed by atoms with Crippen molar-refractivity contribution in [3.63, 3.8) is 0 Å². The van der Waals surface area contributed by atoms with Crippen molar-refractivity contribution in [1.29, 1.82) is 0 Å². The fourth-order valence-corrected chi connectivity index (χ4v) is 1.68. The van der Waals surface area contributed by atoms with Crippen molar-refractivity contribution in [2.24, 2.45) is 0 Å². The molecule has 112 valence electrons. The molecule has 0 bridgehead atoms. The fourth-order valence-electron chi connectivity index (χ4n) is 1.49. The average Bonchev–Trinajstić information content (AvgIpc) is 2.36. The van der Waals surface area contributed by atoms with Crippen molar-refractivity contribution in [1.82, 2.24) is 4.90 Å². The van der Waals surface area contributed by atoms with Gasteiger partial charge < -0.3 is 15.1 Å². The molecule has 0 atom stereocenters. The molecular formula is C11H9ClN2O7. The lowest BCUT2D eigenvalue weighted by atomic mass is 10.1. The smallest absolute Gasteiger partial charge is 0.323 e. The summed E-state index contributed by atoms with van der Waals surface area (Å²) in [5.74, 6) is -3.78. The highest BCUT2D eigenvalue weighted by molar-refractivity contribution is 6.32. The number of halogens is 1. The SMILES string of the molecule is O=C(O)CN(CC(=O)O)C(=O)c1ccc(Cl)c([N+](=O)[O-])c1. The first kappa shape index (κ1) is 16.4. The summed E-state index contributed by atoms with van der Waals surface area (Å²) >= 11 is 5.59. The molecule has 1 amide bonds. The number of nitro groups is 1. The highest BCUT2D eigenvalue weighted by Gasteiger charge is 2.23. The van der Waals surface area contributed by atoms with Gasteiger partial charge >= 0.3 is 11.9 Å². The first-order valence-corrected chi connectivity index (χ1v) is 5.77. The van der Waals surface area contributed by atoms with Crippen molar-refractivity contribution in [2.45, 2.75) is 0 Å². The molecule has 0 unspecified atom stereocenters. The average molecular weight is 317 g/mol. The molecule has 0 radical (unpaired) electrons. The zero-order chi connectivity index (χ0) is 16.2. The molecule has 0 saturated heterocycles. The van der Waals surface area contributed by atoms with Crippen molar-refractivity contribution in [3.05, 3.63) is 38.9 Å². The van der Waals surface area contributed by atoms with E-state index in [2.05, 4.69) is 0 Å². The summed E-state index contributed by atoms with van der Waals surface area (Å²) in [6.45, 7) is -1.69. The van der Waals surface area contributed by atoms with E-state index in [-0.39, 0.29) is 10.6 Å². The molecule has 2 N–H and O–H groups in total. The largest absolute Gasteiger partial charge is 0.480 e. The van der Waals surface area contributed by atoms with Crippen LogP contribution in [0.15, 0.2) is 18.2 Å². The maximum absolute atomic E-state index is 12.0. The standard InChI is InChI=1S/C11H9ClN2O7/c12-7-2-1-6(3-8(7)14(20)21)11(19)13(4-9(15)16)5-10(17)18/h1-3H,4-5H2,(H,15,16)(H,17,18). The van der Waals surface area contributed by atoms with Gasteiger partial charge in [0.15, 0.2) is 0 Å². The number of aliphatic carboxylic acids is 2. The number of nitrogens with zero attached hydrogens (tertiary/aromatic N) is 2. The third-order valence-electron chi connectivity index (χ3n) is 2.33. The second-order valence-electron chi connectivity index (χ2n) is 3.87. The number of carboxylic acid groups (broad SMARTS) is 2. The molecule has 1 rings (SSSR count). The lowest BCUT2D eigenvalue weighted by Crippen LogP contribution is -2.39. The van der Waals surface area contributed by atoms with Gasteiger partial charge in [-0.05, 0) is 12.1 Å². The fraction of sp³-hybridized carbons (Fsp3) is 0.182. The summed E-state index contributed by atoms with van der Waals surface area (Å²) in [4.78, 5) is 43.8. The Morgan fingerprint density at radius 2 is 1.71 bits per heavy atom. The quantitative estimate of drug-likeness (QED) is 0.586. The van der Waals surface area contributed by atoms with E-state index in [4.69, 9.17) is 21.8 Å². The number of hydrogen-bond acceptors (Lipinski definition) is 5. The Hall–Kier alpha value is -2.68. The highest BCUT2D eigenvalue weighted by Crippen LogP contribution is 2.25. The van der Waals surface area contributed by atoms with E-state index in [0.29, 0.717) is 4.90 Å². The molecule has 9 nitrogen and oxygen atoms in total. The summed E-state index contributed by atoms with van der Waals surface area (Å²) in [6, 6.07) is 3.11. The summed E-state index contributed by atoms with van der Waals surface area (Å²) < 4.78 is 0. The van der Waals surface area contributed by atoms with Crippen LogP contribution in [0.3, 0.4) is 0 Å². The number of carbonyl (C=O) groups is 3. The first-order chi connectivity index (χ1) is 9.72. The number of benzene rings is 1. The topological polar surface area (TPSA) is 138 Å². The second-order valence-corrected chi connectivity index (χ2v) is 4.28. The lowest BCUT2D eigenvalue weighted by molar-refractivity contribution is -0.384. The molecule has 0 saturated carbocycles. The van der Waals surface area contributed by atoms with E-state index < -0.39 is 41.5 Å². The molecule has 21 heavy (non-hydrogen) atoms. The third-order valence-corrected chi connectivity index (χ3v) is 2.65. The Bertz CT molecular complexity index is 601. The molecule has 0 aliphatic heterocycles. The van der Waals surface area contributed by atoms with Gasteiger partial charge in [-0.3, -0.25) is 24.5 Å². The van der Waals surface area contributed by atoms with E-state index in [1.807, 2.05) is 0 Å². The molecule has 0 spiro atoms. The third kappa shape index (κ3) is 4.42. The van der Waals surface area contributed by atoms with Crippen LogP contribution < -0.4 is 0 Å². The number of carboxylic acids is 2. The van der Waals surface area contributed by atoms with Crippen LogP contribution in [0.4, 0.5) is 5.69 Å². The van der Waals surface area contributed by atoms with Crippen molar-refractivity contribution < 1.29 is 29.5 Å². The van der Waals surface area contributed by atoms with Crippen LogP contribution in [0, 0.1) is 10.1 Å². The lowest BCUT2D eigenvalue weighted by Gasteiger charge is -2.18. The zero-order valence-electron chi connectivity index (χ0n) is 10.4. The van der Waals surface area contributed by atoms with E-state index >= 15 is 0 Å². The highest BCUT2D eigenvalue weighted by atomic mass is 35.5. The van der Waals surface area contributed by atoms with Gasteiger partial charge in [-0.25, -0.2) is 0 Å². The monoisotopic (exact) mass is 316 g/mol. The minimum absolute atomic E-state index is 0.195. The van der Waals surface area contributed by atoms with Crippen LogP contribution in [-0.4, -0.2) is 51.0 Å². The van der Waals surface area contributed by atoms with Gasteiger partial charge in [0.25, 0.3) is 11.6 Å². The maximum Gasteiger partial charge on any atom is 0.323 e. The molecule has 0 fully saturated rings. The van der Waals surface area contributed by atoms with Gasteiger partial charge in [0.2, 0.25) is 0 Å². The molecule has 0 heterocycles. The van der Waals surface area contributed by atoms with Crippen LogP contribution in [0.25, 0.3) is 0 Å². The molecule has 0 aliphatic rings. The Morgan fingerprint density at radius 3 is 2.14 bits per heavy atom. The van der Waals surface area contributed by atoms with Crippen LogP contribution >= 0.6 is 11.6 Å². The van der Waals surface area contributed by atoms with Gasteiger partial charge in [0.1, 0.15) is 18.1 Å². The predicted molar refractivity (Wildman–Crippen MR) is 69.3 cm³/mol. The Labute approximate surface area is 122 Å². The van der Waals surface area contributed by atoms with Gasteiger partial charge in [0, 0.05) is 11.6 Å². The molecule has 1 aromatic rings. The van der Waals surface area contributed by atoms with E-state index in [1.165, 1.54) is 0 Å². The summed E-state index contributed by atoms with van der Waals surface area (Å²) in [6.07, 6.45) is 0. The van der Waals surface area contributed by atoms with Gasteiger partial charge in [-0.15, -0.1) is 0 Å². The normalized spacial score (nSPS) is 9.95. The number of carbonyl (C=O) groups excluding carboxylic acids is 1. The van der Waals surface area contributed by atoms with Crippen molar-refractivity contribution in [3.8, 4) is 0 Å². The molecule has 10 heteroatoms. The molecular weight excluding hydrogens is 308 g/mol. The Balaban J connectivity index is 3.13. The van der Waals surface area contributed by atoms with E-state index in [1.54, 1.807) is 0 Å². The predicted octanol–water partition coefficient (Wildman–Crippen LogP) is 0.860. The summed E-state index contributed by atoms with van der Waals surface area (Å²) in [5, 5.41) is 27.9. The van der Waals surface area contributed by atoms with Crippen LogP contribution in [0.1, 0.15) is 10.4 Å².